The molecule has 0 atom stereocenters. The molecule has 2 aliphatic rings. The van der Waals surface area contributed by atoms with Gasteiger partial charge in [0.25, 0.3) is 0 Å². The van der Waals surface area contributed by atoms with Crippen LogP contribution in [-0.4, -0.2) is 71.8 Å². The molecule has 0 radical (unpaired) electrons. The first-order valence-corrected chi connectivity index (χ1v) is 10.6. The molecule has 0 N–H and O–H groups in total. The minimum atomic E-state index is -11.4. The van der Waals surface area contributed by atoms with Gasteiger partial charge in [-0.05, 0) is 0 Å². The van der Waals surface area contributed by atoms with Crippen molar-refractivity contribution >= 4 is 7.74 Å². The number of hydrogen-bond acceptors (Lipinski definition) is 5. The average molecular weight is 711 g/mol. The first kappa shape index (κ1) is 36.7. The van der Waals surface area contributed by atoms with Gasteiger partial charge in [0, 0.05) is 0 Å². The zero-order chi connectivity index (χ0) is 34.3. The van der Waals surface area contributed by atoms with Gasteiger partial charge in [0.2, 0.25) is 0 Å². The van der Waals surface area contributed by atoms with E-state index in [1.807, 2.05) is 0 Å². The second-order valence-corrected chi connectivity index (χ2v) is 10.0. The van der Waals surface area contributed by atoms with Crippen molar-refractivity contribution in [1.82, 2.24) is 0 Å². The topological polar surface area (TPSA) is 60.0 Å². The number of halogens is 24. The molecule has 252 valence electrons. The standard InChI is InChI=1S/C12F24O5P/c13-5(14,15)1(6(16,17)18)2(7(19,20)21,8(22,23)24)39-42(37,38-1)40-3(9(25,26)27,10(28,29)30)4(41-42,11(31,32)33)12(34,35)36/q-1. The first-order valence-electron chi connectivity index (χ1n) is 8.76. The van der Waals surface area contributed by atoms with E-state index in [0.29, 0.717) is 0 Å². The van der Waals surface area contributed by atoms with Crippen LogP contribution >= 0.6 is 7.74 Å². The number of rotatable bonds is 0. The second kappa shape index (κ2) is 8.22. The third kappa shape index (κ3) is 4.00. The van der Waals surface area contributed by atoms with Crippen molar-refractivity contribution in [3.63, 3.8) is 0 Å². The molecule has 2 fully saturated rings. The fourth-order valence-corrected chi connectivity index (χ4v) is 7.27. The van der Waals surface area contributed by atoms with Crippen molar-refractivity contribution in [2.24, 2.45) is 0 Å². The van der Waals surface area contributed by atoms with Crippen LogP contribution < -0.4 is 4.89 Å². The summed E-state index contributed by atoms with van der Waals surface area (Å²) in [5, 5.41) is 0. The van der Waals surface area contributed by atoms with Crippen LogP contribution in [0.3, 0.4) is 0 Å². The molecule has 0 amide bonds. The Morgan fingerprint density at radius 2 is 0.381 bits per heavy atom. The summed E-state index contributed by atoms with van der Waals surface area (Å²) in [5.41, 5.74) is -35.3. The Bertz CT molecular complexity index is 852. The quantitative estimate of drug-likeness (QED) is 0.200. The summed E-state index contributed by atoms with van der Waals surface area (Å²) in [7, 11) is -11.4. The van der Waals surface area contributed by atoms with Crippen LogP contribution in [0, 0.1) is 0 Å². The number of hydrogen-bond donors (Lipinski definition) is 0. The van der Waals surface area contributed by atoms with Gasteiger partial charge in [-0.25, -0.2) is 0 Å². The summed E-state index contributed by atoms with van der Waals surface area (Å²) in [6.45, 7) is 0. The molecule has 2 heterocycles. The minimum absolute atomic E-state index is 1.79. The molecule has 0 unspecified atom stereocenters. The molecule has 5 nitrogen and oxygen atoms in total. The van der Waals surface area contributed by atoms with Gasteiger partial charge < -0.3 is 0 Å². The summed E-state index contributed by atoms with van der Waals surface area (Å²) in [6.07, 6.45) is -69.8. The average Bonchev–Trinajstić information content (AvgIpc) is 3.06. The van der Waals surface area contributed by atoms with E-state index in [9.17, 15) is 110 Å². The molecule has 2 rings (SSSR count). The third-order valence-corrected chi connectivity index (χ3v) is 7.62. The van der Waals surface area contributed by atoms with Crippen LogP contribution in [0.4, 0.5) is 105 Å². The molecule has 0 aromatic carbocycles. The van der Waals surface area contributed by atoms with Crippen LogP contribution in [-0.2, 0) is 18.1 Å². The van der Waals surface area contributed by atoms with E-state index in [2.05, 4.69) is 0 Å². The molecule has 2 aliphatic heterocycles. The van der Waals surface area contributed by atoms with Crippen LogP contribution in [0.5, 0.6) is 0 Å². The van der Waals surface area contributed by atoms with E-state index in [4.69, 9.17) is 0 Å². The summed E-state index contributed by atoms with van der Waals surface area (Å²) in [4.78, 5) is 12.8. The molecule has 42 heavy (non-hydrogen) atoms. The summed E-state index contributed by atoms with van der Waals surface area (Å²) >= 11 is 0. The third-order valence-electron chi connectivity index (χ3n) is 5.33. The Balaban J connectivity index is 3.45. The van der Waals surface area contributed by atoms with Crippen LogP contribution in [0.2, 0.25) is 0 Å². The van der Waals surface area contributed by atoms with Gasteiger partial charge in [-0.15, -0.1) is 0 Å². The zero-order valence-corrected chi connectivity index (χ0v) is 18.5. The fourth-order valence-electron chi connectivity index (χ4n) is 3.92. The van der Waals surface area contributed by atoms with Gasteiger partial charge in [-0.3, -0.25) is 0 Å². The molecule has 0 aromatic rings. The van der Waals surface area contributed by atoms with E-state index in [-0.39, 0.29) is 0 Å². The van der Waals surface area contributed by atoms with E-state index >= 15 is 0 Å². The van der Waals surface area contributed by atoms with E-state index < -0.39 is 79.6 Å². The molecule has 1 spiro atoms. The molecular weight excluding hydrogens is 711 g/mol. The van der Waals surface area contributed by atoms with Crippen LogP contribution in [0.25, 0.3) is 0 Å². The van der Waals surface area contributed by atoms with Crippen molar-refractivity contribution in [3.05, 3.63) is 0 Å². The Morgan fingerprint density at radius 3 is 0.452 bits per heavy atom. The molecule has 30 heteroatoms. The molecule has 0 aliphatic carbocycles. The van der Waals surface area contributed by atoms with Gasteiger partial charge in [-0.2, -0.15) is 0 Å². The molecule has 2 saturated heterocycles. The molecule has 0 saturated carbocycles. The van der Waals surface area contributed by atoms with E-state index in [1.54, 1.807) is 18.1 Å². The summed E-state index contributed by atoms with van der Waals surface area (Å²) in [5.74, 6) is 0. The summed E-state index contributed by atoms with van der Waals surface area (Å²) in [6, 6.07) is 0. The van der Waals surface area contributed by atoms with Crippen molar-refractivity contribution in [1.29, 1.82) is 0 Å². The Morgan fingerprint density at radius 1 is 0.286 bits per heavy atom. The van der Waals surface area contributed by atoms with Crippen molar-refractivity contribution < 1.29 is 128 Å². The van der Waals surface area contributed by atoms with E-state index in [1.165, 1.54) is 0 Å². The maximum atomic E-state index is 13.6. The predicted octanol–water partition coefficient (Wildman–Crippen LogP) is 7.02. The molecular formula is C12F24O5P-. The SMILES string of the molecule is [O-]P12(OC(C(F)(F)F)(C(F)(F)F)C(C(F)(F)F)(C(F)(F)F)O1)OC(C(F)(F)F)(C(F)(F)F)C(C(F)(F)F)(C(F)(F)F)O2. The van der Waals surface area contributed by atoms with Crippen molar-refractivity contribution in [2.75, 3.05) is 0 Å². The van der Waals surface area contributed by atoms with Gasteiger partial charge in [0.1, 0.15) is 0 Å². The Labute approximate surface area is 209 Å². The second-order valence-electron chi connectivity index (χ2n) is 7.82. The van der Waals surface area contributed by atoms with Crippen molar-refractivity contribution in [2.45, 2.75) is 71.8 Å². The Hall–Kier alpha value is -1.45. The monoisotopic (exact) mass is 711 g/mol. The normalized spacial score (nSPS) is 27.1. The predicted molar refractivity (Wildman–Crippen MR) is 70.6 cm³/mol. The van der Waals surface area contributed by atoms with Crippen LogP contribution in [0.15, 0.2) is 0 Å². The van der Waals surface area contributed by atoms with Gasteiger partial charge in [0.05, 0.1) is 0 Å². The maximum absolute atomic E-state index is 13.6. The zero-order valence-electron chi connectivity index (χ0n) is 17.6. The van der Waals surface area contributed by atoms with Gasteiger partial charge in [0.15, 0.2) is 0 Å². The van der Waals surface area contributed by atoms with Crippen LogP contribution in [0.1, 0.15) is 0 Å². The number of alkyl halides is 24. The van der Waals surface area contributed by atoms with E-state index in [0.717, 1.165) is 0 Å². The molecule has 0 bridgehead atoms. The van der Waals surface area contributed by atoms with Gasteiger partial charge >= 0.3 is 208 Å². The fraction of sp³-hybridized carbons (Fsp3) is 1.00. The first-order chi connectivity index (χ1) is 17.6. The molecule has 0 aromatic heterocycles. The Kier molecular flexibility index (Phi) is 7.19. The summed E-state index contributed by atoms with van der Waals surface area (Å²) < 4.78 is 332. The van der Waals surface area contributed by atoms with Crippen molar-refractivity contribution in [3.8, 4) is 0 Å². The van der Waals surface area contributed by atoms with Gasteiger partial charge in [-0.1, -0.05) is 0 Å².